The lowest BCUT2D eigenvalue weighted by molar-refractivity contribution is 0.298. The number of hydrogen-bond donors (Lipinski definition) is 1. The van der Waals surface area contributed by atoms with Crippen molar-refractivity contribution in [3.63, 3.8) is 0 Å². The van der Waals surface area contributed by atoms with Gasteiger partial charge in [-0.1, -0.05) is 12.1 Å². The Morgan fingerprint density at radius 3 is 2.30 bits per heavy atom. The van der Waals surface area contributed by atoms with Crippen LogP contribution < -0.4 is 14.2 Å². The van der Waals surface area contributed by atoms with Crippen LogP contribution in [-0.2, 0) is 10.0 Å². The van der Waals surface area contributed by atoms with E-state index < -0.39 is 10.0 Å². The lowest BCUT2D eigenvalue weighted by atomic mass is 10.1. The molecule has 0 radical (unpaired) electrons. The molecular weight excluding hydrogens is 371 g/mol. The molecule has 2 aromatic rings. The molecule has 0 bridgehead atoms. The highest BCUT2D eigenvalue weighted by Gasteiger charge is 2.23. The van der Waals surface area contributed by atoms with Gasteiger partial charge in [0.2, 0.25) is 10.0 Å². The minimum atomic E-state index is -3.80. The standard InChI is InChI=1S/C19H25FN2O4S/c1-13-9-17(25-4)18(26-5)11-19(13)27(23,24)21-12-16(22(2)3)14-7-6-8-15(20)10-14/h6-11,16,21H,12H2,1-5H3. The Morgan fingerprint density at radius 1 is 1.11 bits per heavy atom. The van der Waals surface area contributed by atoms with Gasteiger partial charge in [-0.05, 0) is 50.3 Å². The third-order valence-corrected chi connectivity index (χ3v) is 5.86. The zero-order valence-corrected chi connectivity index (χ0v) is 16.9. The molecule has 148 valence electrons. The number of ether oxygens (including phenoxy) is 2. The fraction of sp³-hybridized carbons (Fsp3) is 0.368. The first-order chi connectivity index (χ1) is 12.7. The summed E-state index contributed by atoms with van der Waals surface area (Å²) in [4.78, 5) is 1.94. The summed E-state index contributed by atoms with van der Waals surface area (Å²) in [7, 11) is 2.76. The van der Waals surface area contributed by atoms with Crippen LogP contribution in [0.25, 0.3) is 0 Å². The van der Waals surface area contributed by atoms with Crippen molar-refractivity contribution in [2.45, 2.75) is 17.9 Å². The highest BCUT2D eigenvalue weighted by molar-refractivity contribution is 7.89. The summed E-state index contributed by atoms with van der Waals surface area (Å²) < 4.78 is 52.3. The van der Waals surface area contributed by atoms with E-state index in [1.165, 1.54) is 32.4 Å². The lowest BCUT2D eigenvalue weighted by Crippen LogP contribution is -2.34. The number of hydrogen-bond acceptors (Lipinski definition) is 5. The number of halogens is 1. The third-order valence-electron chi connectivity index (χ3n) is 4.29. The Balaban J connectivity index is 2.30. The first kappa shape index (κ1) is 21.1. The zero-order valence-electron chi connectivity index (χ0n) is 16.1. The molecule has 1 atom stereocenters. The predicted octanol–water partition coefficient (Wildman–Crippen LogP) is 2.73. The first-order valence-electron chi connectivity index (χ1n) is 8.33. The summed E-state index contributed by atoms with van der Waals surface area (Å²) in [6, 6.07) is 8.86. The van der Waals surface area contributed by atoms with E-state index in [1.54, 1.807) is 25.1 Å². The van der Waals surface area contributed by atoms with Gasteiger partial charge in [0.1, 0.15) is 5.82 Å². The van der Waals surface area contributed by atoms with E-state index in [4.69, 9.17) is 9.47 Å². The van der Waals surface area contributed by atoms with Crippen LogP contribution in [0.15, 0.2) is 41.3 Å². The van der Waals surface area contributed by atoms with Gasteiger partial charge in [0.25, 0.3) is 0 Å². The maximum absolute atomic E-state index is 13.6. The monoisotopic (exact) mass is 396 g/mol. The highest BCUT2D eigenvalue weighted by Crippen LogP contribution is 2.32. The van der Waals surface area contributed by atoms with Crippen LogP contribution >= 0.6 is 0 Å². The topological polar surface area (TPSA) is 67.9 Å². The van der Waals surface area contributed by atoms with Gasteiger partial charge in [-0.25, -0.2) is 17.5 Å². The number of methoxy groups -OCH3 is 2. The molecule has 1 N–H and O–H groups in total. The molecular formula is C19H25FN2O4S. The van der Waals surface area contributed by atoms with Crippen molar-refractivity contribution in [2.24, 2.45) is 0 Å². The summed E-state index contributed by atoms with van der Waals surface area (Å²) in [5.41, 5.74) is 1.22. The third kappa shape index (κ3) is 4.97. The minimum Gasteiger partial charge on any atom is -0.493 e. The molecule has 0 amide bonds. The van der Waals surface area contributed by atoms with Crippen molar-refractivity contribution in [3.05, 3.63) is 53.3 Å². The molecule has 0 aliphatic heterocycles. The number of benzene rings is 2. The van der Waals surface area contributed by atoms with Crippen molar-refractivity contribution in [1.82, 2.24) is 9.62 Å². The summed E-state index contributed by atoms with van der Waals surface area (Å²) in [6.07, 6.45) is 0. The number of likely N-dealkylation sites (N-methyl/N-ethyl adjacent to an activating group) is 1. The van der Waals surface area contributed by atoms with Crippen LogP contribution in [0.4, 0.5) is 4.39 Å². The van der Waals surface area contributed by atoms with Gasteiger partial charge in [0.15, 0.2) is 11.5 Å². The maximum atomic E-state index is 13.6. The van der Waals surface area contributed by atoms with E-state index in [2.05, 4.69) is 4.72 Å². The van der Waals surface area contributed by atoms with E-state index in [9.17, 15) is 12.8 Å². The van der Waals surface area contributed by atoms with E-state index in [0.29, 0.717) is 22.6 Å². The van der Waals surface area contributed by atoms with Crippen LogP contribution in [-0.4, -0.2) is 48.2 Å². The van der Waals surface area contributed by atoms with Gasteiger partial charge in [-0.15, -0.1) is 0 Å². The van der Waals surface area contributed by atoms with E-state index in [1.807, 2.05) is 19.0 Å². The fourth-order valence-electron chi connectivity index (χ4n) is 2.83. The number of nitrogens with zero attached hydrogens (tertiary/aromatic N) is 1. The Hall–Kier alpha value is -2.16. The van der Waals surface area contributed by atoms with Crippen LogP contribution in [0.3, 0.4) is 0 Å². The Bertz CT molecular complexity index is 901. The molecule has 2 aromatic carbocycles. The molecule has 0 spiro atoms. The quantitative estimate of drug-likeness (QED) is 0.743. The Kier molecular flexibility index (Phi) is 6.80. The summed E-state index contributed by atoms with van der Waals surface area (Å²) in [5, 5.41) is 0. The molecule has 0 heterocycles. The van der Waals surface area contributed by atoms with E-state index in [0.717, 1.165) is 0 Å². The van der Waals surface area contributed by atoms with Gasteiger partial charge >= 0.3 is 0 Å². The maximum Gasteiger partial charge on any atom is 0.241 e. The predicted molar refractivity (Wildman–Crippen MR) is 102 cm³/mol. The van der Waals surface area contributed by atoms with Gasteiger partial charge in [0.05, 0.1) is 19.1 Å². The molecule has 8 heteroatoms. The Labute approximate surface area is 160 Å². The molecule has 0 aliphatic rings. The first-order valence-corrected chi connectivity index (χ1v) is 9.82. The number of sulfonamides is 1. The second-order valence-electron chi connectivity index (χ2n) is 6.36. The molecule has 0 fully saturated rings. The molecule has 0 aromatic heterocycles. The molecule has 1 unspecified atom stereocenters. The van der Waals surface area contributed by atoms with Gasteiger partial charge in [0, 0.05) is 18.7 Å². The van der Waals surface area contributed by atoms with E-state index in [-0.39, 0.29) is 23.3 Å². The molecule has 0 aliphatic carbocycles. The number of aryl methyl sites for hydroxylation is 1. The van der Waals surface area contributed by atoms with Crippen LogP contribution in [0, 0.1) is 12.7 Å². The van der Waals surface area contributed by atoms with Crippen molar-refractivity contribution in [3.8, 4) is 11.5 Å². The van der Waals surface area contributed by atoms with Crippen LogP contribution in [0.2, 0.25) is 0 Å². The average molecular weight is 396 g/mol. The van der Waals surface area contributed by atoms with Gasteiger partial charge in [-0.3, -0.25) is 0 Å². The van der Waals surface area contributed by atoms with Gasteiger partial charge < -0.3 is 14.4 Å². The normalized spacial score (nSPS) is 12.9. The van der Waals surface area contributed by atoms with Crippen molar-refractivity contribution >= 4 is 10.0 Å². The van der Waals surface area contributed by atoms with E-state index >= 15 is 0 Å². The summed E-state index contributed by atoms with van der Waals surface area (Å²) in [6.45, 7) is 1.78. The van der Waals surface area contributed by atoms with Crippen molar-refractivity contribution in [2.75, 3.05) is 34.9 Å². The smallest absolute Gasteiger partial charge is 0.241 e. The number of rotatable bonds is 8. The SMILES string of the molecule is COc1cc(C)c(S(=O)(=O)NCC(c2cccc(F)c2)N(C)C)cc1OC. The second-order valence-corrected chi connectivity index (χ2v) is 8.09. The number of nitrogens with one attached hydrogen (secondary N) is 1. The Morgan fingerprint density at radius 2 is 1.74 bits per heavy atom. The molecule has 6 nitrogen and oxygen atoms in total. The summed E-state index contributed by atoms with van der Waals surface area (Å²) in [5.74, 6) is 0.426. The van der Waals surface area contributed by atoms with Crippen molar-refractivity contribution in [1.29, 1.82) is 0 Å². The molecule has 2 rings (SSSR count). The molecule has 0 saturated carbocycles. The highest BCUT2D eigenvalue weighted by atomic mass is 32.2. The average Bonchev–Trinajstić information content (AvgIpc) is 2.61. The van der Waals surface area contributed by atoms with Crippen molar-refractivity contribution < 1.29 is 22.3 Å². The summed E-state index contributed by atoms with van der Waals surface area (Å²) >= 11 is 0. The van der Waals surface area contributed by atoms with Crippen LogP contribution in [0.5, 0.6) is 11.5 Å². The largest absolute Gasteiger partial charge is 0.493 e. The minimum absolute atomic E-state index is 0.0899. The fourth-order valence-corrected chi connectivity index (χ4v) is 4.11. The molecule has 0 saturated heterocycles. The second kappa shape index (κ2) is 8.69. The molecule has 27 heavy (non-hydrogen) atoms. The zero-order chi connectivity index (χ0) is 20.2. The van der Waals surface area contributed by atoms with Crippen LogP contribution in [0.1, 0.15) is 17.2 Å². The lowest BCUT2D eigenvalue weighted by Gasteiger charge is -2.25. The van der Waals surface area contributed by atoms with Gasteiger partial charge in [-0.2, -0.15) is 0 Å².